The van der Waals surface area contributed by atoms with Gasteiger partial charge in [0.25, 0.3) is 0 Å². The second kappa shape index (κ2) is 9.59. The molecule has 1 fully saturated rings. The first-order chi connectivity index (χ1) is 14.7. The van der Waals surface area contributed by atoms with E-state index in [2.05, 4.69) is 34.5 Å². The summed E-state index contributed by atoms with van der Waals surface area (Å²) in [5.74, 6) is 0.932. The zero-order valence-corrected chi connectivity index (χ0v) is 17.4. The summed E-state index contributed by atoms with van der Waals surface area (Å²) in [5, 5.41) is 3.19. The number of methoxy groups -OCH3 is 1. The van der Waals surface area contributed by atoms with E-state index in [0.717, 1.165) is 55.0 Å². The largest absolute Gasteiger partial charge is 0.497 e. The van der Waals surface area contributed by atoms with Crippen molar-refractivity contribution in [1.29, 1.82) is 0 Å². The first-order valence-electron chi connectivity index (χ1n) is 10.5. The van der Waals surface area contributed by atoms with Crippen molar-refractivity contribution in [3.05, 3.63) is 84.4 Å². The van der Waals surface area contributed by atoms with Gasteiger partial charge in [0.05, 0.1) is 13.0 Å². The molecule has 1 heterocycles. The topological polar surface area (TPSA) is 41.6 Å². The normalized spacial score (nSPS) is 16.8. The molecule has 4 nitrogen and oxygen atoms in total. The second-order valence-corrected chi connectivity index (χ2v) is 7.82. The summed E-state index contributed by atoms with van der Waals surface area (Å²) in [5.41, 5.74) is 4.22. The molecule has 0 bridgehead atoms. The summed E-state index contributed by atoms with van der Waals surface area (Å²) in [6.07, 6.45) is 1.98. The van der Waals surface area contributed by atoms with Crippen LogP contribution in [-0.4, -0.2) is 31.0 Å². The van der Waals surface area contributed by atoms with Gasteiger partial charge in [0.2, 0.25) is 5.91 Å². The number of para-hydroxylation sites is 1. The highest BCUT2D eigenvalue weighted by Gasteiger charge is 2.26. The van der Waals surface area contributed by atoms with E-state index >= 15 is 0 Å². The summed E-state index contributed by atoms with van der Waals surface area (Å²) in [7, 11) is 1.66. The van der Waals surface area contributed by atoms with Crippen LogP contribution < -0.4 is 10.1 Å². The third-order valence-corrected chi connectivity index (χ3v) is 5.71. The molecule has 30 heavy (non-hydrogen) atoms. The van der Waals surface area contributed by atoms with Gasteiger partial charge in [0.15, 0.2) is 0 Å². The molecule has 0 aromatic heterocycles. The Morgan fingerprint density at radius 1 is 1.00 bits per heavy atom. The van der Waals surface area contributed by atoms with Crippen molar-refractivity contribution in [1.82, 2.24) is 4.90 Å². The number of benzene rings is 3. The third-order valence-electron chi connectivity index (χ3n) is 5.71. The molecule has 0 radical (unpaired) electrons. The fourth-order valence-electron chi connectivity index (χ4n) is 4.10. The minimum atomic E-state index is 0.00591. The van der Waals surface area contributed by atoms with Crippen LogP contribution in [0, 0.1) is 5.92 Å². The van der Waals surface area contributed by atoms with Crippen molar-refractivity contribution in [3.8, 4) is 16.9 Å². The van der Waals surface area contributed by atoms with Crippen LogP contribution >= 0.6 is 0 Å². The van der Waals surface area contributed by atoms with E-state index in [4.69, 9.17) is 4.74 Å². The maximum atomic E-state index is 13.1. The van der Waals surface area contributed by atoms with E-state index in [9.17, 15) is 4.79 Å². The van der Waals surface area contributed by atoms with Crippen molar-refractivity contribution in [2.45, 2.75) is 19.4 Å². The van der Waals surface area contributed by atoms with Crippen LogP contribution in [0.5, 0.6) is 5.75 Å². The number of anilines is 1. The fraction of sp³-hybridized carbons (Fsp3) is 0.269. The first kappa shape index (κ1) is 20.2. The molecule has 1 atom stereocenters. The van der Waals surface area contributed by atoms with E-state index in [0.29, 0.717) is 0 Å². The molecule has 0 spiro atoms. The Hall–Kier alpha value is -3.11. The van der Waals surface area contributed by atoms with Crippen LogP contribution in [-0.2, 0) is 11.3 Å². The number of hydrogen-bond acceptors (Lipinski definition) is 3. The van der Waals surface area contributed by atoms with Crippen LogP contribution in [0.3, 0.4) is 0 Å². The van der Waals surface area contributed by atoms with E-state index < -0.39 is 0 Å². The molecule has 0 unspecified atom stereocenters. The predicted molar refractivity (Wildman–Crippen MR) is 122 cm³/mol. The summed E-state index contributed by atoms with van der Waals surface area (Å²) in [6.45, 7) is 2.74. The lowest BCUT2D eigenvalue weighted by molar-refractivity contribution is -0.121. The summed E-state index contributed by atoms with van der Waals surface area (Å²) < 4.78 is 5.26. The number of likely N-dealkylation sites (tertiary alicyclic amines) is 1. The molecule has 1 N–H and O–H groups in total. The molecule has 0 aliphatic carbocycles. The van der Waals surface area contributed by atoms with E-state index in [1.807, 2.05) is 54.6 Å². The van der Waals surface area contributed by atoms with E-state index in [1.165, 1.54) is 5.56 Å². The van der Waals surface area contributed by atoms with Crippen LogP contribution in [0.15, 0.2) is 78.9 Å². The quantitative estimate of drug-likeness (QED) is 0.617. The molecule has 154 valence electrons. The van der Waals surface area contributed by atoms with E-state index in [-0.39, 0.29) is 11.8 Å². The van der Waals surface area contributed by atoms with Gasteiger partial charge in [0.1, 0.15) is 5.75 Å². The van der Waals surface area contributed by atoms with Gasteiger partial charge in [-0.25, -0.2) is 0 Å². The van der Waals surface area contributed by atoms with Gasteiger partial charge < -0.3 is 10.1 Å². The molecular formula is C26H28N2O2. The maximum Gasteiger partial charge on any atom is 0.228 e. The zero-order valence-electron chi connectivity index (χ0n) is 17.4. The lowest BCUT2D eigenvalue weighted by Gasteiger charge is -2.32. The second-order valence-electron chi connectivity index (χ2n) is 7.82. The van der Waals surface area contributed by atoms with E-state index in [1.54, 1.807) is 7.11 Å². The smallest absolute Gasteiger partial charge is 0.228 e. The maximum absolute atomic E-state index is 13.1. The standard InChI is InChI=1S/C26H28N2O2/c1-30-23-15-13-21(14-16-23)24-11-5-6-12-25(24)27-26(29)22-10-7-17-28(19-22)18-20-8-3-2-4-9-20/h2-6,8-9,11-16,22H,7,10,17-19H2,1H3,(H,27,29)/t22-/m0/s1. The number of hydrogen-bond donors (Lipinski definition) is 1. The summed E-state index contributed by atoms with van der Waals surface area (Å²) in [6, 6.07) is 26.4. The molecule has 4 rings (SSSR count). The molecule has 0 saturated carbocycles. The molecule has 1 aliphatic heterocycles. The molecule has 4 heteroatoms. The third kappa shape index (κ3) is 4.89. The molecule has 1 aliphatic rings. The Kier molecular flexibility index (Phi) is 6.45. The van der Waals surface area contributed by atoms with Crippen LogP contribution in [0.4, 0.5) is 5.69 Å². The average molecular weight is 401 g/mol. The van der Waals surface area contributed by atoms with Gasteiger partial charge in [-0.3, -0.25) is 9.69 Å². The Labute approximate surface area is 178 Å². The first-order valence-corrected chi connectivity index (χ1v) is 10.5. The van der Waals surface area contributed by atoms with Gasteiger partial charge in [0, 0.05) is 24.3 Å². The van der Waals surface area contributed by atoms with Crippen molar-refractivity contribution in [3.63, 3.8) is 0 Å². The number of nitrogens with zero attached hydrogens (tertiary/aromatic N) is 1. The highest BCUT2D eigenvalue weighted by molar-refractivity contribution is 5.97. The Bertz CT molecular complexity index is 970. The highest BCUT2D eigenvalue weighted by atomic mass is 16.5. The van der Waals surface area contributed by atoms with Crippen molar-refractivity contribution < 1.29 is 9.53 Å². The molecule has 3 aromatic rings. The summed E-state index contributed by atoms with van der Waals surface area (Å²) >= 11 is 0. The van der Waals surface area contributed by atoms with Gasteiger partial charge in [-0.15, -0.1) is 0 Å². The zero-order chi connectivity index (χ0) is 20.8. The molecule has 3 aromatic carbocycles. The number of amides is 1. The molecule has 1 amide bonds. The Morgan fingerprint density at radius 3 is 2.50 bits per heavy atom. The Balaban J connectivity index is 1.44. The average Bonchev–Trinajstić information content (AvgIpc) is 2.80. The lowest BCUT2D eigenvalue weighted by atomic mass is 9.96. The minimum Gasteiger partial charge on any atom is -0.497 e. The minimum absolute atomic E-state index is 0.00591. The van der Waals surface area contributed by atoms with Crippen LogP contribution in [0.2, 0.25) is 0 Å². The van der Waals surface area contributed by atoms with Crippen LogP contribution in [0.1, 0.15) is 18.4 Å². The monoisotopic (exact) mass is 400 g/mol. The molecule has 1 saturated heterocycles. The lowest BCUT2D eigenvalue weighted by Crippen LogP contribution is -2.40. The number of carbonyl (C=O) groups is 1. The summed E-state index contributed by atoms with van der Waals surface area (Å²) in [4.78, 5) is 15.5. The number of rotatable bonds is 6. The van der Waals surface area contributed by atoms with Gasteiger partial charge in [-0.2, -0.15) is 0 Å². The number of ether oxygens (including phenoxy) is 1. The van der Waals surface area contributed by atoms with Gasteiger partial charge in [-0.05, 0) is 48.7 Å². The van der Waals surface area contributed by atoms with Crippen molar-refractivity contribution >= 4 is 11.6 Å². The number of carbonyl (C=O) groups excluding carboxylic acids is 1. The highest BCUT2D eigenvalue weighted by Crippen LogP contribution is 2.30. The van der Waals surface area contributed by atoms with Gasteiger partial charge in [-0.1, -0.05) is 60.7 Å². The van der Waals surface area contributed by atoms with Gasteiger partial charge >= 0.3 is 0 Å². The number of piperidine rings is 1. The SMILES string of the molecule is COc1ccc(-c2ccccc2NC(=O)[C@H]2CCCN(Cc3ccccc3)C2)cc1. The van der Waals surface area contributed by atoms with Crippen LogP contribution in [0.25, 0.3) is 11.1 Å². The predicted octanol–water partition coefficient (Wildman–Crippen LogP) is 5.21. The number of nitrogens with one attached hydrogen (secondary N) is 1. The Morgan fingerprint density at radius 2 is 1.73 bits per heavy atom. The van der Waals surface area contributed by atoms with Crippen molar-refractivity contribution in [2.24, 2.45) is 5.92 Å². The van der Waals surface area contributed by atoms with Crippen molar-refractivity contribution in [2.75, 3.05) is 25.5 Å². The fourth-order valence-corrected chi connectivity index (χ4v) is 4.10. The molecular weight excluding hydrogens is 372 g/mol.